The zero-order valence-corrected chi connectivity index (χ0v) is 14.8. The van der Waals surface area contributed by atoms with Crippen molar-refractivity contribution in [3.05, 3.63) is 29.1 Å². The molecule has 0 atom stereocenters. The Morgan fingerprint density at radius 1 is 1.12 bits per heavy atom. The molecule has 7 nitrogen and oxygen atoms in total. The van der Waals surface area contributed by atoms with Crippen molar-refractivity contribution in [2.45, 2.75) is 33.6 Å². The summed E-state index contributed by atoms with van der Waals surface area (Å²) in [7, 11) is 0. The summed E-state index contributed by atoms with van der Waals surface area (Å²) in [6.45, 7) is 7.61. The molecule has 3 aromatic heterocycles. The molecule has 0 aromatic carbocycles. The van der Waals surface area contributed by atoms with Crippen LogP contribution in [0.15, 0.2) is 12.1 Å². The van der Waals surface area contributed by atoms with E-state index in [2.05, 4.69) is 22.9 Å². The van der Waals surface area contributed by atoms with E-state index in [-0.39, 0.29) is 11.8 Å². The van der Waals surface area contributed by atoms with E-state index in [1.54, 1.807) is 0 Å². The highest BCUT2D eigenvalue weighted by Crippen LogP contribution is 2.28. The topological polar surface area (TPSA) is 89.4 Å². The summed E-state index contributed by atoms with van der Waals surface area (Å²) in [5.74, 6) is 0.772. The number of pyridine rings is 1. The highest BCUT2D eigenvalue weighted by atomic mass is 16.1. The van der Waals surface area contributed by atoms with E-state index in [1.807, 2.05) is 24.4 Å². The Kier molecular flexibility index (Phi) is 3.59. The number of piperidine rings is 1. The van der Waals surface area contributed by atoms with Gasteiger partial charge < -0.3 is 10.6 Å². The number of amides is 1. The van der Waals surface area contributed by atoms with Gasteiger partial charge >= 0.3 is 0 Å². The van der Waals surface area contributed by atoms with Gasteiger partial charge in [0.2, 0.25) is 5.91 Å². The van der Waals surface area contributed by atoms with Gasteiger partial charge in [-0.05, 0) is 45.2 Å². The lowest BCUT2D eigenvalue weighted by Gasteiger charge is -2.32. The number of anilines is 1. The maximum Gasteiger partial charge on any atom is 0.220 e. The van der Waals surface area contributed by atoms with Crippen molar-refractivity contribution in [3.8, 4) is 0 Å². The second kappa shape index (κ2) is 5.68. The Balaban J connectivity index is 1.85. The van der Waals surface area contributed by atoms with Gasteiger partial charge in [0.05, 0.1) is 5.39 Å². The van der Waals surface area contributed by atoms with Crippen molar-refractivity contribution in [1.82, 2.24) is 19.6 Å². The summed E-state index contributed by atoms with van der Waals surface area (Å²) < 4.78 is 1.89. The first-order valence-electron chi connectivity index (χ1n) is 8.62. The summed E-state index contributed by atoms with van der Waals surface area (Å²) in [6.07, 6.45) is 1.55. The summed E-state index contributed by atoms with van der Waals surface area (Å²) in [6, 6.07) is 4.11. The predicted molar refractivity (Wildman–Crippen MR) is 96.6 cm³/mol. The first-order valence-corrected chi connectivity index (χ1v) is 8.62. The molecule has 0 aliphatic carbocycles. The largest absolute Gasteiger partial charge is 0.369 e. The van der Waals surface area contributed by atoms with E-state index in [0.717, 1.165) is 65.4 Å². The Morgan fingerprint density at radius 3 is 2.48 bits per heavy atom. The fourth-order valence-corrected chi connectivity index (χ4v) is 3.74. The number of aromatic nitrogens is 4. The normalized spacial score (nSPS) is 16.0. The Bertz CT molecular complexity index is 984. The third-order valence-corrected chi connectivity index (χ3v) is 5.00. The fraction of sp³-hybridized carbons (Fsp3) is 0.444. The second-order valence-electron chi connectivity index (χ2n) is 6.93. The number of aryl methyl sites for hydroxylation is 3. The van der Waals surface area contributed by atoms with Gasteiger partial charge in [-0.3, -0.25) is 4.79 Å². The summed E-state index contributed by atoms with van der Waals surface area (Å²) in [5, 5.41) is 5.72. The number of hydrogen-bond acceptors (Lipinski definition) is 5. The van der Waals surface area contributed by atoms with Gasteiger partial charge in [-0.15, -0.1) is 5.10 Å². The molecule has 4 heterocycles. The van der Waals surface area contributed by atoms with Gasteiger partial charge in [-0.25, -0.2) is 9.97 Å². The smallest absolute Gasteiger partial charge is 0.220 e. The minimum Gasteiger partial charge on any atom is -0.369 e. The molecule has 7 heteroatoms. The van der Waals surface area contributed by atoms with Crippen LogP contribution in [0.4, 0.5) is 5.82 Å². The first-order chi connectivity index (χ1) is 11.9. The van der Waals surface area contributed by atoms with Crippen LogP contribution in [0.25, 0.3) is 16.7 Å². The third-order valence-electron chi connectivity index (χ3n) is 5.00. The van der Waals surface area contributed by atoms with Crippen molar-refractivity contribution in [2.75, 3.05) is 18.0 Å². The van der Waals surface area contributed by atoms with Crippen LogP contribution in [0, 0.1) is 26.7 Å². The molecule has 3 aromatic rings. The van der Waals surface area contributed by atoms with E-state index < -0.39 is 0 Å². The average molecular weight is 338 g/mol. The van der Waals surface area contributed by atoms with E-state index >= 15 is 0 Å². The summed E-state index contributed by atoms with van der Waals surface area (Å²) >= 11 is 0. The van der Waals surface area contributed by atoms with Crippen LogP contribution < -0.4 is 10.6 Å². The molecule has 1 aliphatic rings. The summed E-state index contributed by atoms with van der Waals surface area (Å²) in [5.41, 5.74) is 10.1. The number of carbonyl (C=O) groups excluding carboxylic acids is 1. The van der Waals surface area contributed by atoms with Crippen LogP contribution in [-0.2, 0) is 4.79 Å². The van der Waals surface area contributed by atoms with Crippen LogP contribution in [0.2, 0.25) is 0 Å². The van der Waals surface area contributed by atoms with Crippen molar-refractivity contribution in [2.24, 2.45) is 11.7 Å². The van der Waals surface area contributed by atoms with Crippen LogP contribution in [0.5, 0.6) is 0 Å². The zero-order valence-electron chi connectivity index (χ0n) is 14.8. The SMILES string of the molecule is Cc1cc(C)c2c(n1)nn1c(N3CCC(C(N)=O)CC3)cc(C)nc21. The molecule has 1 aliphatic heterocycles. The minimum atomic E-state index is -0.198. The van der Waals surface area contributed by atoms with Gasteiger partial charge in [-0.1, -0.05) is 0 Å². The van der Waals surface area contributed by atoms with E-state index in [9.17, 15) is 4.79 Å². The van der Waals surface area contributed by atoms with Gasteiger partial charge in [0.25, 0.3) is 0 Å². The van der Waals surface area contributed by atoms with Crippen molar-refractivity contribution in [1.29, 1.82) is 0 Å². The predicted octanol–water partition coefficient (Wildman–Crippen LogP) is 1.90. The van der Waals surface area contributed by atoms with Gasteiger partial charge in [0, 0.05) is 36.5 Å². The maximum absolute atomic E-state index is 11.4. The standard InChI is InChI=1S/C18H22N6O/c1-10-8-11(2)20-17-15(10)18-21-12(3)9-14(24(18)22-17)23-6-4-13(5-7-23)16(19)25/h8-9,13H,4-7H2,1-3H3,(H2,19,25). The van der Waals surface area contributed by atoms with E-state index in [1.165, 1.54) is 0 Å². The second-order valence-corrected chi connectivity index (χ2v) is 6.93. The van der Waals surface area contributed by atoms with Crippen LogP contribution in [-0.4, -0.2) is 38.6 Å². The molecule has 0 bridgehead atoms. The van der Waals surface area contributed by atoms with Gasteiger partial charge in [-0.2, -0.15) is 4.52 Å². The number of primary amides is 1. The number of carbonyl (C=O) groups is 1. The first kappa shape index (κ1) is 15.8. The Hall–Kier alpha value is -2.70. The molecule has 2 N–H and O–H groups in total. The molecule has 1 amide bonds. The van der Waals surface area contributed by atoms with Gasteiger partial charge in [0.1, 0.15) is 5.82 Å². The van der Waals surface area contributed by atoms with Crippen molar-refractivity contribution >= 4 is 28.4 Å². The van der Waals surface area contributed by atoms with Gasteiger partial charge in [0.15, 0.2) is 11.3 Å². The molecule has 4 rings (SSSR count). The summed E-state index contributed by atoms with van der Waals surface area (Å²) in [4.78, 5) is 23.0. The lowest BCUT2D eigenvalue weighted by atomic mass is 9.96. The Morgan fingerprint density at radius 2 is 1.80 bits per heavy atom. The number of nitrogens with zero attached hydrogens (tertiary/aromatic N) is 5. The highest BCUT2D eigenvalue weighted by molar-refractivity contribution is 5.93. The lowest BCUT2D eigenvalue weighted by molar-refractivity contribution is -0.122. The zero-order chi connectivity index (χ0) is 17.7. The highest BCUT2D eigenvalue weighted by Gasteiger charge is 2.25. The molecule has 1 saturated heterocycles. The average Bonchev–Trinajstić information content (AvgIpc) is 2.92. The molecule has 0 saturated carbocycles. The third kappa shape index (κ3) is 2.59. The monoisotopic (exact) mass is 338 g/mol. The molecule has 0 spiro atoms. The number of nitrogens with two attached hydrogens (primary N) is 1. The molecular weight excluding hydrogens is 316 g/mol. The fourth-order valence-electron chi connectivity index (χ4n) is 3.74. The van der Waals surface area contributed by atoms with Crippen LogP contribution in [0.1, 0.15) is 29.8 Å². The minimum absolute atomic E-state index is 0.0297. The molecule has 1 fully saturated rings. The van der Waals surface area contributed by atoms with Crippen molar-refractivity contribution in [3.63, 3.8) is 0 Å². The van der Waals surface area contributed by atoms with Crippen LogP contribution in [0.3, 0.4) is 0 Å². The number of rotatable bonds is 2. The Labute approximate surface area is 145 Å². The molecule has 0 radical (unpaired) electrons. The van der Waals surface area contributed by atoms with Crippen LogP contribution >= 0.6 is 0 Å². The number of fused-ring (bicyclic) bond motifs is 3. The lowest BCUT2D eigenvalue weighted by Crippen LogP contribution is -2.39. The molecular formula is C18H22N6O. The number of hydrogen-bond donors (Lipinski definition) is 1. The molecule has 130 valence electrons. The molecule has 25 heavy (non-hydrogen) atoms. The maximum atomic E-state index is 11.4. The van der Waals surface area contributed by atoms with E-state index in [4.69, 9.17) is 15.8 Å². The van der Waals surface area contributed by atoms with Crippen molar-refractivity contribution < 1.29 is 4.79 Å². The van der Waals surface area contributed by atoms with E-state index in [0.29, 0.717) is 0 Å². The quantitative estimate of drug-likeness (QED) is 0.771. The molecule has 0 unspecified atom stereocenters.